The highest BCUT2D eigenvalue weighted by Crippen LogP contribution is 2.37. The Labute approximate surface area is 89.2 Å². The van der Waals surface area contributed by atoms with E-state index in [0.29, 0.717) is 4.47 Å². The van der Waals surface area contributed by atoms with Gasteiger partial charge in [-0.15, -0.1) is 0 Å². The first kappa shape index (κ1) is 10.1. The first-order valence-corrected chi connectivity index (χ1v) is 5.19. The average molecular weight is 263 g/mol. The molecule has 1 aliphatic carbocycles. The van der Waals surface area contributed by atoms with E-state index in [1.807, 2.05) is 0 Å². The van der Waals surface area contributed by atoms with Crippen LogP contribution in [0.4, 0.5) is 8.78 Å². The van der Waals surface area contributed by atoms with E-state index >= 15 is 0 Å². The molecule has 1 fully saturated rings. The number of ether oxygens (including phenoxy) is 1. The van der Waals surface area contributed by atoms with E-state index in [0.717, 1.165) is 12.8 Å². The SMILES string of the molecule is FC(F)(OC1CC1)c1cccc(Br)c1. The van der Waals surface area contributed by atoms with E-state index in [2.05, 4.69) is 20.7 Å². The molecule has 0 aliphatic heterocycles. The number of hydrogen-bond donors (Lipinski definition) is 0. The van der Waals surface area contributed by atoms with Crippen molar-refractivity contribution in [3.05, 3.63) is 34.3 Å². The van der Waals surface area contributed by atoms with Crippen molar-refractivity contribution in [1.29, 1.82) is 0 Å². The highest BCUT2D eigenvalue weighted by molar-refractivity contribution is 9.10. The molecule has 0 amide bonds. The molecule has 1 aromatic rings. The van der Waals surface area contributed by atoms with Gasteiger partial charge in [-0.1, -0.05) is 28.1 Å². The summed E-state index contributed by atoms with van der Waals surface area (Å²) in [5, 5.41) is 0. The fourth-order valence-corrected chi connectivity index (χ4v) is 1.53. The Bertz CT molecular complexity index is 337. The summed E-state index contributed by atoms with van der Waals surface area (Å²) >= 11 is 3.15. The zero-order valence-electron chi connectivity index (χ0n) is 7.34. The number of alkyl halides is 2. The Hall–Kier alpha value is -0.480. The molecule has 0 aromatic heterocycles. The standard InChI is InChI=1S/C10H9BrF2O/c11-8-3-1-2-7(6-8)10(12,13)14-9-4-5-9/h1-3,6,9H,4-5H2. The lowest BCUT2D eigenvalue weighted by molar-refractivity contribution is -0.255. The summed E-state index contributed by atoms with van der Waals surface area (Å²) in [6, 6.07) is 6.02. The molecule has 4 heteroatoms. The molecule has 1 nitrogen and oxygen atoms in total. The first-order valence-electron chi connectivity index (χ1n) is 4.39. The van der Waals surface area contributed by atoms with Crippen molar-refractivity contribution in [1.82, 2.24) is 0 Å². The van der Waals surface area contributed by atoms with Crippen molar-refractivity contribution in [2.45, 2.75) is 25.1 Å². The van der Waals surface area contributed by atoms with Crippen molar-refractivity contribution in [3.8, 4) is 0 Å². The molecule has 1 aliphatic rings. The van der Waals surface area contributed by atoms with Gasteiger partial charge in [0.2, 0.25) is 0 Å². The van der Waals surface area contributed by atoms with Gasteiger partial charge < -0.3 is 4.74 Å². The van der Waals surface area contributed by atoms with E-state index in [4.69, 9.17) is 0 Å². The number of rotatable bonds is 3. The third-order valence-electron chi connectivity index (χ3n) is 2.00. The minimum Gasteiger partial charge on any atom is -0.313 e. The molecule has 0 spiro atoms. The van der Waals surface area contributed by atoms with Gasteiger partial charge in [-0.2, -0.15) is 8.78 Å². The van der Waals surface area contributed by atoms with E-state index in [1.165, 1.54) is 12.1 Å². The van der Waals surface area contributed by atoms with E-state index in [-0.39, 0.29) is 11.7 Å². The molecule has 0 atom stereocenters. The van der Waals surface area contributed by atoms with Gasteiger partial charge in [0.1, 0.15) is 0 Å². The van der Waals surface area contributed by atoms with Gasteiger partial charge in [0, 0.05) is 4.47 Å². The summed E-state index contributed by atoms with van der Waals surface area (Å²) < 4.78 is 32.0. The third kappa shape index (κ3) is 2.30. The Morgan fingerprint density at radius 2 is 2.07 bits per heavy atom. The van der Waals surface area contributed by atoms with Crippen molar-refractivity contribution >= 4 is 15.9 Å². The van der Waals surface area contributed by atoms with Crippen molar-refractivity contribution < 1.29 is 13.5 Å². The summed E-state index contributed by atoms with van der Waals surface area (Å²) in [4.78, 5) is 0. The lowest BCUT2D eigenvalue weighted by atomic mass is 10.2. The van der Waals surface area contributed by atoms with Crippen molar-refractivity contribution in [3.63, 3.8) is 0 Å². The van der Waals surface area contributed by atoms with Gasteiger partial charge in [0.05, 0.1) is 11.7 Å². The van der Waals surface area contributed by atoms with Gasteiger partial charge in [0.25, 0.3) is 0 Å². The maximum atomic E-state index is 13.4. The Balaban J connectivity index is 2.18. The summed E-state index contributed by atoms with van der Waals surface area (Å²) in [5.74, 6) is 0. The predicted molar refractivity (Wildman–Crippen MR) is 52.1 cm³/mol. The average Bonchev–Trinajstić information content (AvgIpc) is 2.87. The molecule has 0 saturated heterocycles. The second-order valence-corrected chi connectivity index (χ2v) is 4.26. The molecule has 1 saturated carbocycles. The maximum absolute atomic E-state index is 13.4. The molecular weight excluding hydrogens is 254 g/mol. The molecule has 0 radical (unpaired) electrons. The van der Waals surface area contributed by atoms with Crippen molar-refractivity contribution in [2.24, 2.45) is 0 Å². The Kier molecular flexibility index (Phi) is 2.58. The van der Waals surface area contributed by atoms with Crippen LogP contribution in [0.15, 0.2) is 28.7 Å². The quantitative estimate of drug-likeness (QED) is 0.808. The molecule has 0 bridgehead atoms. The molecule has 2 rings (SSSR count). The molecular formula is C10H9BrF2O. The largest absolute Gasteiger partial charge is 0.383 e. The van der Waals surface area contributed by atoms with Gasteiger partial charge in [-0.05, 0) is 25.0 Å². The van der Waals surface area contributed by atoms with Crippen LogP contribution in [0, 0.1) is 0 Å². The lowest BCUT2D eigenvalue weighted by Crippen LogP contribution is -2.19. The van der Waals surface area contributed by atoms with Crippen LogP contribution in [-0.2, 0) is 10.8 Å². The minimum atomic E-state index is -3.16. The Morgan fingerprint density at radius 3 is 2.64 bits per heavy atom. The van der Waals surface area contributed by atoms with E-state index < -0.39 is 6.11 Å². The van der Waals surface area contributed by atoms with Crippen LogP contribution < -0.4 is 0 Å². The van der Waals surface area contributed by atoms with Gasteiger partial charge in [0.15, 0.2) is 0 Å². The van der Waals surface area contributed by atoms with Gasteiger partial charge >= 0.3 is 6.11 Å². The molecule has 76 valence electrons. The smallest absolute Gasteiger partial charge is 0.313 e. The van der Waals surface area contributed by atoms with Crippen LogP contribution >= 0.6 is 15.9 Å². The molecule has 0 N–H and O–H groups in total. The number of benzene rings is 1. The number of halogens is 3. The summed E-state index contributed by atoms with van der Waals surface area (Å²) in [6.45, 7) is 0. The van der Waals surface area contributed by atoms with E-state index in [1.54, 1.807) is 12.1 Å². The van der Waals surface area contributed by atoms with Crippen LogP contribution in [0.25, 0.3) is 0 Å². The van der Waals surface area contributed by atoms with Crippen LogP contribution in [0.1, 0.15) is 18.4 Å². The normalized spacial score (nSPS) is 17.1. The molecule has 0 unspecified atom stereocenters. The molecule has 0 heterocycles. The monoisotopic (exact) mass is 262 g/mol. The summed E-state index contributed by atoms with van der Waals surface area (Å²) in [5.41, 5.74) is -0.0984. The van der Waals surface area contributed by atoms with Crippen molar-refractivity contribution in [2.75, 3.05) is 0 Å². The van der Waals surface area contributed by atoms with Crippen LogP contribution in [0.3, 0.4) is 0 Å². The fourth-order valence-electron chi connectivity index (χ4n) is 1.13. The maximum Gasteiger partial charge on any atom is 0.383 e. The van der Waals surface area contributed by atoms with Crippen LogP contribution in [0.2, 0.25) is 0 Å². The first-order chi connectivity index (χ1) is 6.58. The van der Waals surface area contributed by atoms with E-state index in [9.17, 15) is 8.78 Å². The van der Waals surface area contributed by atoms with Gasteiger partial charge in [-0.25, -0.2) is 0 Å². The van der Waals surface area contributed by atoms with Crippen LogP contribution in [0.5, 0.6) is 0 Å². The molecule has 14 heavy (non-hydrogen) atoms. The lowest BCUT2D eigenvalue weighted by Gasteiger charge is -2.16. The Morgan fingerprint density at radius 1 is 1.36 bits per heavy atom. The minimum absolute atomic E-state index is 0.0984. The molecule has 1 aromatic carbocycles. The zero-order chi connectivity index (χ0) is 10.2. The highest BCUT2D eigenvalue weighted by atomic mass is 79.9. The second-order valence-electron chi connectivity index (χ2n) is 3.34. The fraction of sp³-hybridized carbons (Fsp3) is 0.400. The topological polar surface area (TPSA) is 9.23 Å². The third-order valence-corrected chi connectivity index (χ3v) is 2.49. The number of hydrogen-bond acceptors (Lipinski definition) is 1. The zero-order valence-corrected chi connectivity index (χ0v) is 8.93. The van der Waals surface area contributed by atoms with Gasteiger partial charge in [-0.3, -0.25) is 0 Å². The van der Waals surface area contributed by atoms with Crippen LogP contribution in [-0.4, -0.2) is 6.10 Å². The second kappa shape index (κ2) is 3.59. The summed E-state index contributed by atoms with van der Waals surface area (Å²) in [6.07, 6.45) is -1.94. The predicted octanol–water partition coefficient (Wildman–Crippen LogP) is 3.68. The highest BCUT2D eigenvalue weighted by Gasteiger charge is 2.39. The summed E-state index contributed by atoms with van der Waals surface area (Å²) in [7, 11) is 0.